The smallest absolute Gasteiger partial charge is 0.255 e. The highest BCUT2D eigenvalue weighted by Crippen LogP contribution is 2.30. The highest BCUT2D eigenvalue weighted by molar-refractivity contribution is 7.92. The number of amides is 1. The minimum absolute atomic E-state index is 0.153. The Labute approximate surface area is 144 Å². The molecule has 0 saturated heterocycles. The third-order valence-corrected chi connectivity index (χ3v) is 6.58. The van der Waals surface area contributed by atoms with E-state index in [4.69, 9.17) is 0 Å². The summed E-state index contributed by atoms with van der Waals surface area (Å²) in [5, 5.41) is 2.15. The molecule has 4 nitrogen and oxygen atoms in total. The summed E-state index contributed by atoms with van der Waals surface area (Å²) < 4.78 is 51.3. The first-order valence-electron chi connectivity index (χ1n) is 7.98. The van der Waals surface area contributed by atoms with Crippen molar-refractivity contribution in [1.82, 2.24) is 0 Å². The quantitative estimate of drug-likeness (QED) is 0.893. The van der Waals surface area contributed by atoms with Gasteiger partial charge in [0.05, 0.1) is 10.1 Å². The molecule has 0 aliphatic heterocycles. The minimum atomic E-state index is -3.36. The van der Waals surface area contributed by atoms with Gasteiger partial charge in [0.15, 0.2) is 9.84 Å². The summed E-state index contributed by atoms with van der Waals surface area (Å²) >= 11 is 0. The van der Waals surface area contributed by atoms with E-state index in [2.05, 4.69) is 5.32 Å². The van der Waals surface area contributed by atoms with Gasteiger partial charge < -0.3 is 5.32 Å². The van der Waals surface area contributed by atoms with E-state index >= 15 is 0 Å². The van der Waals surface area contributed by atoms with Crippen LogP contribution in [0.3, 0.4) is 0 Å². The Balaban J connectivity index is 1.75. The van der Waals surface area contributed by atoms with Crippen molar-refractivity contribution >= 4 is 21.4 Å². The van der Waals surface area contributed by atoms with Gasteiger partial charge in [-0.15, -0.1) is 0 Å². The lowest BCUT2D eigenvalue weighted by Crippen LogP contribution is -2.18. The molecule has 1 fully saturated rings. The number of rotatable bonds is 4. The van der Waals surface area contributed by atoms with Crippen LogP contribution < -0.4 is 5.32 Å². The zero-order valence-corrected chi connectivity index (χ0v) is 14.2. The number of anilines is 1. The van der Waals surface area contributed by atoms with Crippen LogP contribution in [-0.2, 0) is 9.84 Å². The summed E-state index contributed by atoms with van der Waals surface area (Å²) in [4.78, 5) is 12.3. The number of sulfone groups is 1. The molecule has 2 aromatic rings. The normalized spacial score (nSPS) is 15.3. The second kappa shape index (κ2) is 6.92. The Hall–Kier alpha value is -2.28. The summed E-state index contributed by atoms with van der Waals surface area (Å²) in [6, 6.07) is 8.35. The molecule has 1 N–H and O–H groups in total. The summed E-state index contributed by atoms with van der Waals surface area (Å²) in [7, 11) is -3.36. The molecule has 7 heteroatoms. The zero-order valence-electron chi connectivity index (χ0n) is 13.3. The van der Waals surface area contributed by atoms with E-state index in [9.17, 15) is 22.0 Å². The van der Waals surface area contributed by atoms with Gasteiger partial charge in [-0.2, -0.15) is 0 Å². The average molecular weight is 365 g/mol. The van der Waals surface area contributed by atoms with Crippen molar-refractivity contribution < 1.29 is 22.0 Å². The maximum atomic E-state index is 13.2. The molecule has 0 bridgehead atoms. The van der Waals surface area contributed by atoms with Gasteiger partial charge in [0.25, 0.3) is 5.91 Å². The van der Waals surface area contributed by atoms with Crippen LogP contribution in [0, 0.1) is 11.6 Å². The predicted octanol–water partition coefficient (Wildman–Crippen LogP) is 3.93. The van der Waals surface area contributed by atoms with Crippen LogP contribution in [0.25, 0.3) is 0 Å². The molecular weight excluding hydrogens is 348 g/mol. The van der Waals surface area contributed by atoms with E-state index in [0.717, 1.165) is 25.0 Å². The van der Waals surface area contributed by atoms with Gasteiger partial charge in [0.1, 0.15) is 11.6 Å². The topological polar surface area (TPSA) is 63.2 Å². The first kappa shape index (κ1) is 17.5. The number of hydrogen-bond acceptors (Lipinski definition) is 3. The third kappa shape index (κ3) is 3.87. The van der Waals surface area contributed by atoms with Gasteiger partial charge in [0.2, 0.25) is 0 Å². The highest BCUT2D eigenvalue weighted by atomic mass is 32.2. The van der Waals surface area contributed by atoms with Crippen LogP contribution >= 0.6 is 0 Å². The van der Waals surface area contributed by atoms with Crippen molar-refractivity contribution in [3.05, 3.63) is 59.7 Å². The summed E-state index contributed by atoms with van der Waals surface area (Å²) in [5.41, 5.74) is 0.195. The monoisotopic (exact) mass is 365 g/mol. The molecule has 1 aliphatic carbocycles. The zero-order chi connectivity index (χ0) is 18.0. The molecule has 1 amide bonds. The van der Waals surface area contributed by atoms with Crippen LogP contribution in [0.15, 0.2) is 47.4 Å². The number of hydrogen-bond donors (Lipinski definition) is 1. The number of carbonyl (C=O) groups excluding carboxylic acids is 1. The molecule has 0 spiro atoms. The van der Waals surface area contributed by atoms with Crippen molar-refractivity contribution in [2.24, 2.45) is 0 Å². The van der Waals surface area contributed by atoms with Gasteiger partial charge >= 0.3 is 0 Å². The highest BCUT2D eigenvalue weighted by Gasteiger charge is 2.30. The van der Waals surface area contributed by atoms with E-state index < -0.39 is 27.4 Å². The molecular formula is C18H17F2NO3S. The Morgan fingerprint density at radius 1 is 0.960 bits per heavy atom. The van der Waals surface area contributed by atoms with Crippen LogP contribution in [0.5, 0.6) is 0 Å². The second-order valence-electron chi connectivity index (χ2n) is 6.09. The van der Waals surface area contributed by atoms with Gasteiger partial charge in [-0.1, -0.05) is 12.8 Å². The fourth-order valence-electron chi connectivity index (χ4n) is 3.01. The summed E-state index contributed by atoms with van der Waals surface area (Å²) in [5.74, 6) is -2.36. The second-order valence-corrected chi connectivity index (χ2v) is 8.32. The standard InChI is InChI=1S/C18H17F2NO3S/c19-13-9-12(10-14(20)11-13)18(22)21-15-5-7-17(8-6-15)25(23,24)16-3-1-2-4-16/h5-11,16H,1-4H2,(H,21,22). The molecule has 3 rings (SSSR count). The first-order valence-corrected chi connectivity index (χ1v) is 9.52. The lowest BCUT2D eigenvalue weighted by molar-refractivity contribution is 0.102. The van der Waals surface area contributed by atoms with Crippen molar-refractivity contribution in [3.63, 3.8) is 0 Å². The van der Waals surface area contributed by atoms with Crippen molar-refractivity contribution in [1.29, 1.82) is 0 Å². The maximum absolute atomic E-state index is 13.2. The lowest BCUT2D eigenvalue weighted by atomic mass is 10.2. The number of nitrogens with one attached hydrogen (secondary N) is 1. The number of halogens is 2. The van der Waals surface area contributed by atoms with Gasteiger partial charge in [-0.05, 0) is 49.2 Å². The lowest BCUT2D eigenvalue weighted by Gasteiger charge is -2.12. The molecule has 0 unspecified atom stereocenters. The molecule has 0 heterocycles. The molecule has 132 valence electrons. The van der Waals surface area contributed by atoms with Crippen molar-refractivity contribution in [3.8, 4) is 0 Å². The van der Waals surface area contributed by atoms with Gasteiger partial charge in [-0.3, -0.25) is 4.79 Å². The SMILES string of the molecule is O=C(Nc1ccc(S(=O)(=O)C2CCCC2)cc1)c1cc(F)cc(F)c1. The minimum Gasteiger partial charge on any atom is -0.322 e. The Bertz CT molecular complexity index is 869. The van der Waals surface area contributed by atoms with Crippen LogP contribution in [0.1, 0.15) is 36.0 Å². The third-order valence-electron chi connectivity index (χ3n) is 4.31. The number of carbonyl (C=O) groups is 1. The van der Waals surface area contributed by atoms with Crippen molar-refractivity contribution in [2.75, 3.05) is 5.32 Å². The van der Waals surface area contributed by atoms with E-state index in [1.165, 1.54) is 24.3 Å². The molecule has 0 atom stereocenters. The largest absolute Gasteiger partial charge is 0.322 e. The molecule has 0 radical (unpaired) electrons. The molecule has 1 saturated carbocycles. The summed E-state index contributed by atoms with van der Waals surface area (Å²) in [6.45, 7) is 0. The van der Waals surface area contributed by atoms with Crippen LogP contribution in [0.4, 0.5) is 14.5 Å². The molecule has 1 aliphatic rings. The Kier molecular flexibility index (Phi) is 4.85. The fraction of sp³-hybridized carbons (Fsp3) is 0.278. The predicted molar refractivity (Wildman–Crippen MR) is 90.2 cm³/mol. The van der Waals surface area contributed by atoms with E-state index in [-0.39, 0.29) is 15.7 Å². The van der Waals surface area contributed by atoms with E-state index in [1.54, 1.807) is 0 Å². The van der Waals surface area contributed by atoms with E-state index in [0.29, 0.717) is 24.6 Å². The first-order chi connectivity index (χ1) is 11.9. The Morgan fingerprint density at radius 2 is 1.52 bits per heavy atom. The molecule has 25 heavy (non-hydrogen) atoms. The Morgan fingerprint density at radius 3 is 2.08 bits per heavy atom. The molecule has 0 aromatic heterocycles. The number of benzene rings is 2. The molecule has 2 aromatic carbocycles. The fourth-order valence-corrected chi connectivity index (χ4v) is 4.86. The van der Waals surface area contributed by atoms with E-state index in [1.807, 2.05) is 0 Å². The van der Waals surface area contributed by atoms with Crippen LogP contribution in [-0.4, -0.2) is 19.6 Å². The van der Waals surface area contributed by atoms with Crippen molar-refractivity contribution in [2.45, 2.75) is 35.8 Å². The average Bonchev–Trinajstić information content (AvgIpc) is 3.09. The van der Waals surface area contributed by atoms with Gasteiger partial charge in [-0.25, -0.2) is 17.2 Å². The summed E-state index contributed by atoms with van der Waals surface area (Å²) in [6.07, 6.45) is 3.18. The maximum Gasteiger partial charge on any atom is 0.255 e. The van der Waals surface area contributed by atoms with Gasteiger partial charge in [0, 0.05) is 17.3 Å². The van der Waals surface area contributed by atoms with Crippen LogP contribution in [0.2, 0.25) is 0 Å².